The lowest BCUT2D eigenvalue weighted by atomic mass is 10.1. The summed E-state index contributed by atoms with van der Waals surface area (Å²) < 4.78 is 0. The molecular weight excluding hydrogens is 240 g/mol. The zero-order valence-electron chi connectivity index (χ0n) is 12.2. The second-order valence-corrected chi connectivity index (χ2v) is 4.83. The minimum atomic E-state index is 0.233. The summed E-state index contributed by atoms with van der Waals surface area (Å²) in [4.78, 5) is 8.63. The third-order valence-corrected chi connectivity index (χ3v) is 3.08. The topological polar surface area (TPSA) is 70.1 Å². The van der Waals surface area contributed by atoms with Crippen LogP contribution < -0.4 is 10.6 Å². The molecule has 0 amide bonds. The van der Waals surface area contributed by atoms with E-state index in [1.165, 1.54) is 0 Å². The Morgan fingerprint density at radius 1 is 1.21 bits per heavy atom. The molecular formula is C14H26N4O. The van der Waals surface area contributed by atoms with Crippen LogP contribution in [-0.4, -0.2) is 34.8 Å². The van der Waals surface area contributed by atoms with E-state index in [4.69, 9.17) is 5.11 Å². The highest BCUT2D eigenvalue weighted by Gasteiger charge is 2.10. The number of hydrogen-bond donors (Lipinski definition) is 3. The van der Waals surface area contributed by atoms with Gasteiger partial charge in [0.1, 0.15) is 18.0 Å². The van der Waals surface area contributed by atoms with Gasteiger partial charge in [0, 0.05) is 25.3 Å². The summed E-state index contributed by atoms with van der Waals surface area (Å²) in [5, 5.41) is 15.6. The summed E-state index contributed by atoms with van der Waals surface area (Å²) in [5.74, 6) is 2.26. The molecule has 0 bridgehead atoms. The molecule has 1 heterocycles. The van der Waals surface area contributed by atoms with Gasteiger partial charge in [-0.2, -0.15) is 0 Å². The normalized spacial score (nSPS) is 12.2. The maximum atomic E-state index is 8.91. The Balaban J connectivity index is 2.71. The van der Waals surface area contributed by atoms with Gasteiger partial charge in [-0.25, -0.2) is 9.97 Å². The minimum absolute atomic E-state index is 0.233. The molecule has 3 N–H and O–H groups in total. The van der Waals surface area contributed by atoms with Crippen molar-refractivity contribution < 1.29 is 5.11 Å². The molecule has 0 aromatic carbocycles. The summed E-state index contributed by atoms with van der Waals surface area (Å²) in [6.45, 7) is 8.33. The Morgan fingerprint density at radius 2 is 1.89 bits per heavy atom. The van der Waals surface area contributed by atoms with Gasteiger partial charge < -0.3 is 15.7 Å². The Labute approximate surface area is 115 Å². The highest BCUT2D eigenvalue weighted by Crippen LogP contribution is 2.20. The number of nitrogens with zero attached hydrogens (tertiary/aromatic N) is 2. The highest BCUT2D eigenvalue weighted by molar-refractivity contribution is 5.57. The number of hydrogen-bond acceptors (Lipinski definition) is 5. The van der Waals surface area contributed by atoms with E-state index in [-0.39, 0.29) is 6.61 Å². The van der Waals surface area contributed by atoms with Crippen LogP contribution in [0.25, 0.3) is 0 Å². The highest BCUT2D eigenvalue weighted by atomic mass is 16.3. The maximum Gasteiger partial charge on any atom is 0.134 e. The van der Waals surface area contributed by atoms with E-state index in [0.717, 1.165) is 49.6 Å². The molecule has 1 aromatic heterocycles. The first kappa shape index (κ1) is 15.7. The monoisotopic (exact) mass is 266 g/mol. The van der Waals surface area contributed by atoms with E-state index in [9.17, 15) is 0 Å². The maximum absolute atomic E-state index is 8.91. The SMILES string of the molecule is CCCNc1ncnc(NCC(C)CCO)c1CC. The van der Waals surface area contributed by atoms with Gasteiger partial charge >= 0.3 is 0 Å². The van der Waals surface area contributed by atoms with E-state index in [1.54, 1.807) is 6.33 Å². The average Bonchev–Trinajstić information content (AvgIpc) is 2.43. The minimum Gasteiger partial charge on any atom is -0.396 e. The summed E-state index contributed by atoms with van der Waals surface area (Å²) in [6, 6.07) is 0. The fourth-order valence-corrected chi connectivity index (χ4v) is 1.89. The Morgan fingerprint density at radius 3 is 2.47 bits per heavy atom. The molecule has 0 spiro atoms. The molecule has 1 atom stereocenters. The number of aliphatic hydroxyl groups excluding tert-OH is 1. The lowest BCUT2D eigenvalue weighted by Crippen LogP contribution is -2.16. The predicted octanol–water partition coefficient (Wildman–Crippen LogP) is 2.29. The van der Waals surface area contributed by atoms with Crippen molar-refractivity contribution in [2.45, 2.75) is 40.0 Å². The molecule has 19 heavy (non-hydrogen) atoms. The van der Waals surface area contributed by atoms with Gasteiger partial charge in [0.25, 0.3) is 0 Å². The first-order chi connectivity index (χ1) is 9.22. The summed E-state index contributed by atoms with van der Waals surface area (Å²) in [7, 11) is 0. The van der Waals surface area contributed by atoms with Crippen LogP contribution in [0.2, 0.25) is 0 Å². The van der Waals surface area contributed by atoms with Gasteiger partial charge in [-0.15, -0.1) is 0 Å². The zero-order valence-corrected chi connectivity index (χ0v) is 12.2. The molecule has 5 nitrogen and oxygen atoms in total. The van der Waals surface area contributed by atoms with Crippen molar-refractivity contribution in [3.8, 4) is 0 Å². The molecule has 1 unspecified atom stereocenters. The van der Waals surface area contributed by atoms with Gasteiger partial charge in [-0.3, -0.25) is 0 Å². The number of anilines is 2. The van der Waals surface area contributed by atoms with E-state index in [1.807, 2.05) is 0 Å². The molecule has 0 radical (unpaired) electrons. The van der Waals surface area contributed by atoms with Crippen LogP contribution in [0.5, 0.6) is 0 Å². The van der Waals surface area contributed by atoms with Crippen LogP contribution >= 0.6 is 0 Å². The molecule has 0 saturated heterocycles. The van der Waals surface area contributed by atoms with Crippen molar-refractivity contribution in [3.63, 3.8) is 0 Å². The van der Waals surface area contributed by atoms with Crippen LogP contribution in [0, 0.1) is 5.92 Å². The first-order valence-corrected chi connectivity index (χ1v) is 7.15. The van der Waals surface area contributed by atoms with E-state index in [2.05, 4.69) is 41.4 Å². The van der Waals surface area contributed by atoms with Gasteiger partial charge in [-0.1, -0.05) is 20.8 Å². The lowest BCUT2D eigenvalue weighted by Gasteiger charge is -2.16. The summed E-state index contributed by atoms with van der Waals surface area (Å²) in [6.07, 6.45) is 4.36. The van der Waals surface area contributed by atoms with Crippen molar-refractivity contribution in [1.29, 1.82) is 0 Å². The van der Waals surface area contributed by atoms with Crippen LogP contribution in [-0.2, 0) is 6.42 Å². The molecule has 1 aromatic rings. The smallest absolute Gasteiger partial charge is 0.134 e. The van der Waals surface area contributed by atoms with Gasteiger partial charge in [0.05, 0.1) is 0 Å². The number of nitrogens with one attached hydrogen (secondary N) is 2. The zero-order chi connectivity index (χ0) is 14.1. The van der Waals surface area contributed by atoms with Crippen molar-refractivity contribution in [1.82, 2.24) is 9.97 Å². The van der Waals surface area contributed by atoms with Crippen molar-refractivity contribution in [2.75, 3.05) is 30.3 Å². The van der Waals surface area contributed by atoms with E-state index in [0.29, 0.717) is 5.92 Å². The number of aromatic nitrogens is 2. The third kappa shape index (κ3) is 5.03. The molecule has 0 aliphatic carbocycles. The molecule has 0 saturated carbocycles. The van der Waals surface area contributed by atoms with Gasteiger partial charge in [0.2, 0.25) is 0 Å². The Bertz CT molecular complexity index is 370. The van der Waals surface area contributed by atoms with Crippen LogP contribution in [0.1, 0.15) is 39.2 Å². The van der Waals surface area contributed by atoms with Crippen molar-refractivity contribution >= 4 is 11.6 Å². The van der Waals surface area contributed by atoms with Crippen molar-refractivity contribution in [3.05, 3.63) is 11.9 Å². The van der Waals surface area contributed by atoms with Gasteiger partial charge in [-0.05, 0) is 25.2 Å². The quantitative estimate of drug-likeness (QED) is 0.640. The second-order valence-electron chi connectivity index (χ2n) is 4.83. The van der Waals surface area contributed by atoms with Crippen LogP contribution in [0.15, 0.2) is 6.33 Å². The molecule has 0 aliphatic heterocycles. The molecule has 0 aliphatic rings. The molecule has 108 valence electrons. The molecule has 0 fully saturated rings. The first-order valence-electron chi connectivity index (χ1n) is 7.15. The largest absolute Gasteiger partial charge is 0.396 e. The Kier molecular flexibility index (Phi) is 7.18. The van der Waals surface area contributed by atoms with Gasteiger partial charge in [0.15, 0.2) is 0 Å². The molecule has 1 rings (SSSR count). The van der Waals surface area contributed by atoms with E-state index >= 15 is 0 Å². The average molecular weight is 266 g/mol. The van der Waals surface area contributed by atoms with Crippen LogP contribution in [0.4, 0.5) is 11.6 Å². The third-order valence-electron chi connectivity index (χ3n) is 3.08. The summed E-state index contributed by atoms with van der Waals surface area (Å²) >= 11 is 0. The lowest BCUT2D eigenvalue weighted by molar-refractivity contribution is 0.266. The van der Waals surface area contributed by atoms with Crippen molar-refractivity contribution in [2.24, 2.45) is 5.92 Å². The molecule has 5 heteroatoms. The van der Waals surface area contributed by atoms with E-state index < -0.39 is 0 Å². The number of aliphatic hydroxyl groups is 1. The fourth-order valence-electron chi connectivity index (χ4n) is 1.89. The standard InChI is InChI=1S/C14H26N4O/c1-4-7-15-13-12(5-2)14(18-10-17-13)16-9-11(3)6-8-19/h10-11,19H,4-9H2,1-3H3,(H2,15,16,17,18). The van der Waals surface area contributed by atoms with Crippen LogP contribution in [0.3, 0.4) is 0 Å². The number of rotatable bonds is 9. The fraction of sp³-hybridized carbons (Fsp3) is 0.714. The second kappa shape index (κ2) is 8.69. The predicted molar refractivity (Wildman–Crippen MR) is 79.5 cm³/mol. The summed E-state index contributed by atoms with van der Waals surface area (Å²) in [5.41, 5.74) is 1.13. The Hall–Kier alpha value is -1.36.